The van der Waals surface area contributed by atoms with E-state index in [-0.39, 0.29) is 47.2 Å². The van der Waals surface area contributed by atoms with E-state index in [0.717, 1.165) is 24.2 Å². The molecule has 7 nitrogen and oxygen atoms in total. The quantitative estimate of drug-likeness (QED) is 0.388. The van der Waals surface area contributed by atoms with Crippen molar-refractivity contribution < 1.29 is 28.7 Å². The molecule has 30 heavy (non-hydrogen) atoms. The fraction of sp³-hybridized carbons (Fsp3) is 0.565. The molecule has 0 aromatic heterocycles. The zero-order valence-electron chi connectivity index (χ0n) is 17.5. The molecule has 5 atom stereocenters. The van der Waals surface area contributed by atoms with Crippen LogP contribution in [0.25, 0.3) is 0 Å². The molecule has 1 aromatic carbocycles. The van der Waals surface area contributed by atoms with Gasteiger partial charge in [-0.25, -0.2) is 4.79 Å². The average Bonchev–Trinajstić information content (AvgIpc) is 3.42. The normalized spacial score (nSPS) is 28.1. The first-order valence-electron chi connectivity index (χ1n) is 10.5. The lowest BCUT2D eigenvalue weighted by atomic mass is 9.81. The fourth-order valence-corrected chi connectivity index (χ4v) is 5.46. The van der Waals surface area contributed by atoms with Crippen LogP contribution in [0.4, 0.5) is 0 Å². The molecule has 1 heterocycles. The predicted octanol–water partition coefficient (Wildman–Crippen LogP) is 2.48. The van der Waals surface area contributed by atoms with Gasteiger partial charge in [0.2, 0.25) is 11.8 Å². The number of nitrogens with zero attached hydrogens (tertiary/aromatic N) is 1. The highest BCUT2D eigenvalue weighted by atomic mass is 16.5. The van der Waals surface area contributed by atoms with Crippen molar-refractivity contribution in [2.75, 3.05) is 13.7 Å². The second-order valence-corrected chi connectivity index (χ2v) is 8.88. The van der Waals surface area contributed by atoms with Crippen molar-refractivity contribution >= 4 is 23.6 Å². The third-order valence-corrected chi connectivity index (χ3v) is 6.87. The topological polar surface area (TPSA) is 90.0 Å². The van der Waals surface area contributed by atoms with Gasteiger partial charge in [-0.2, -0.15) is 0 Å². The van der Waals surface area contributed by atoms with Crippen molar-refractivity contribution in [1.82, 2.24) is 4.90 Å². The molecule has 1 saturated heterocycles. The summed E-state index contributed by atoms with van der Waals surface area (Å²) in [4.78, 5) is 52.5. The Balaban J connectivity index is 1.45. The van der Waals surface area contributed by atoms with Crippen LogP contribution in [0, 0.1) is 29.6 Å². The van der Waals surface area contributed by atoms with Crippen molar-refractivity contribution in [1.29, 1.82) is 0 Å². The molecular formula is C23H27NO6. The molecule has 0 unspecified atom stereocenters. The van der Waals surface area contributed by atoms with E-state index in [4.69, 9.17) is 9.47 Å². The van der Waals surface area contributed by atoms with Gasteiger partial charge in [-0.15, -0.1) is 0 Å². The number of carbonyl (C=O) groups excluding carboxylic acids is 4. The van der Waals surface area contributed by atoms with Crippen LogP contribution in [-0.4, -0.2) is 48.2 Å². The number of ether oxygens (including phenoxy) is 2. The number of imide groups is 1. The Kier molecular flexibility index (Phi) is 5.38. The SMILES string of the molecule is COc1ccc(C(=O)COC(=O)[C@@H](C(C)C)N2C(=O)[C@H]3[C@@H]4CC[C@@H](C4)[C@@H]3C2=O)cc1. The number of rotatable bonds is 7. The lowest BCUT2D eigenvalue weighted by Gasteiger charge is -2.28. The van der Waals surface area contributed by atoms with Crippen LogP contribution in [0.15, 0.2) is 24.3 Å². The van der Waals surface area contributed by atoms with Crippen LogP contribution < -0.4 is 4.74 Å². The molecule has 1 aliphatic heterocycles. The summed E-state index contributed by atoms with van der Waals surface area (Å²) in [6, 6.07) is 5.50. The van der Waals surface area contributed by atoms with E-state index in [0.29, 0.717) is 11.3 Å². The monoisotopic (exact) mass is 413 g/mol. The molecule has 0 N–H and O–H groups in total. The van der Waals surface area contributed by atoms with E-state index >= 15 is 0 Å². The number of ketones is 1. The van der Waals surface area contributed by atoms with Gasteiger partial charge in [-0.05, 0) is 61.3 Å². The van der Waals surface area contributed by atoms with Crippen LogP contribution in [0.1, 0.15) is 43.5 Å². The van der Waals surface area contributed by atoms with Crippen LogP contribution in [0.3, 0.4) is 0 Å². The number of fused-ring (bicyclic) bond motifs is 5. The third-order valence-electron chi connectivity index (χ3n) is 6.87. The summed E-state index contributed by atoms with van der Waals surface area (Å²) >= 11 is 0. The maximum Gasteiger partial charge on any atom is 0.330 e. The first-order valence-corrected chi connectivity index (χ1v) is 10.5. The molecule has 7 heteroatoms. The first-order chi connectivity index (χ1) is 14.3. The van der Waals surface area contributed by atoms with Crippen LogP contribution >= 0.6 is 0 Å². The number of likely N-dealkylation sites (tertiary alicyclic amines) is 1. The van der Waals surface area contributed by atoms with Crippen molar-refractivity contribution in [3.05, 3.63) is 29.8 Å². The highest BCUT2D eigenvalue weighted by molar-refractivity contribution is 6.09. The Morgan fingerprint density at radius 1 is 1.03 bits per heavy atom. The summed E-state index contributed by atoms with van der Waals surface area (Å²) in [5, 5.41) is 0. The second kappa shape index (κ2) is 7.85. The van der Waals surface area contributed by atoms with Gasteiger partial charge in [-0.1, -0.05) is 13.8 Å². The number of benzene rings is 1. The summed E-state index contributed by atoms with van der Waals surface area (Å²) in [7, 11) is 1.53. The van der Waals surface area contributed by atoms with Gasteiger partial charge in [-0.3, -0.25) is 19.3 Å². The van der Waals surface area contributed by atoms with E-state index in [9.17, 15) is 19.2 Å². The Bertz CT molecular complexity index is 848. The maximum absolute atomic E-state index is 13.1. The van der Waals surface area contributed by atoms with Crippen LogP contribution in [0.5, 0.6) is 5.75 Å². The summed E-state index contributed by atoms with van der Waals surface area (Å²) < 4.78 is 10.3. The van der Waals surface area contributed by atoms with Gasteiger partial charge < -0.3 is 9.47 Å². The number of hydrogen-bond donors (Lipinski definition) is 0. The Morgan fingerprint density at radius 3 is 2.10 bits per heavy atom. The maximum atomic E-state index is 13.1. The van der Waals surface area contributed by atoms with Gasteiger partial charge in [0.15, 0.2) is 12.4 Å². The van der Waals surface area contributed by atoms with E-state index in [2.05, 4.69) is 0 Å². The van der Waals surface area contributed by atoms with E-state index in [1.165, 1.54) is 7.11 Å². The highest BCUT2D eigenvalue weighted by Gasteiger charge is 2.62. The molecular weight excluding hydrogens is 386 g/mol. The molecule has 2 bridgehead atoms. The van der Waals surface area contributed by atoms with Gasteiger partial charge in [0, 0.05) is 5.56 Å². The minimum Gasteiger partial charge on any atom is -0.497 e. The molecule has 0 radical (unpaired) electrons. The fourth-order valence-electron chi connectivity index (χ4n) is 5.46. The summed E-state index contributed by atoms with van der Waals surface area (Å²) in [5.74, 6) is -1.31. The first kappa shape index (κ1) is 20.6. The zero-order valence-corrected chi connectivity index (χ0v) is 17.5. The van der Waals surface area contributed by atoms with Crippen molar-refractivity contribution in [3.8, 4) is 5.75 Å². The number of Topliss-reactive ketones (excluding diaryl/α,β-unsaturated/α-hetero) is 1. The number of esters is 1. The third kappa shape index (κ3) is 3.30. The molecule has 1 aromatic rings. The Morgan fingerprint density at radius 2 is 1.60 bits per heavy atom. The number of hydrogen-bond acceptors (Lipinski definition) is 6. The van der Waals surface area contributed by atoms with Crippen molar-refractivity contribution in [2.24, 2.45) is 29.6 Å². The highest BCUT2D eigenvalue weighted by Crippen LogP contribution is 2.56. The van der Waals surface area contributed by atoms with Crippen LogP contribution in [0.2, 0.25) is 0 Å². The van der Waals surface area contributed by atoms with Gasteiger partial charge in [0.25, 0.3) is 0 Å². The lowest BCUT2D eigenvalue weighted by Crippen LogP contribution is -2.50. The molecule has 3 fully saturated rings. The summed E-state index contributed by atoms with van der Waals surface area (Å²) in [6.07, 6.45) is 2.89. The average molecular weight is 413 g/mol. The lowest BCUT2D eigenvalue weighted by molar-refractivity contribution is -0.160. The predicted molar refractivity (Wildman–Crippen MR) is 107 cm³/mol. The number of carbonyl (C=O) groups is 4. The minimum atomic E-state index is -1.00. The Hall–Kier alpha value is -2.70. The molecule has 0 spiro atoms. The standard InChI is InChI=1S/C23H27NO6/c1-12(2)20(23(28)30-11-17(25)13-6-8-16(29-3)9-7-13)24-21(26)18-14-4-5-15(10-14)19(18)22(24)27/h6-9,12,14-15,18-20H,4-5,10-11H2,1-3H3/t14-,15+,18-,19-,20+/m0/s1. The minimum absolute atomic E-state index is 0.241. The van der Waals surface area contributed by atoms with E-state index < -0.39 is 18.6 Å². The van der Waals surface area contributed by atoms with E-state index in [1.54, 1.807) is 38.1 Å². The van der Waals surface area contributed by atoms with Crippen molar-refractivity contribution in [3.63, 3.8) is 0 Å². The molecule has 160 valence electrons. The van der Waals surface area contributed by atoms with Crippen molar-refractivity contribution in [2.45, 2.75) is 39.2 Å². The molecule has 2 amide bonds. The zero-order chi connectivity index (χ0) is 21.6. The summed E-state index contributed by atoms with van der Waals surface area (Å²) in [6.45, 7) is 3.11. The largest absolute Gasteiger partial charge is 0.497 e. The molecule has 3 aliphatic rings. The van der Waals surface area contributed by atoms with Gasteiger partial charge in [0.1, 0.15) is 11.8 Å². The number of amides is 2. The molecule has 2 aliphatic carbocycles. The Labute approximate surface area is 175 Å². The van der Waals surface area contributed by atoms with E-state index in [1.807, 2.05) is 0 Å². The van der Waals surface area contributed by atoms with Gasteiger partial charge >= 0.3 is 5.97 Å². The molecule has 4 rings (SSSR count). The van der Waals surface area contributed by atoms with Crippen LogP contribution in [-0.2, 0) is 19.1 Å². The smallest absolute Gasteiger partial charge is 0.330 e. The summed E-state index contributed by atoms with van der Waals surface area (Å²) in [5.41, 5.74) is 0.393. The second-order valence-electron chi connectivity index (χ2n) is 8.88. The number of methoxy groups -OCH3 is 1. The molecule has 2 saturated carbocycles. The van der Waals surface area contributed by atoms with Gasteiger partial charge in [0.05, 0.1) is 18.9 Å².